The SMILES string of the molecule is CCC(C)C(=O)OC1CCC(OC(=O)C2CO2)CC1. The molecule has 0 N–H and O–H groups in total. The second-order valence-electron chi connectivity index (χ2n) is 5.40. The highest BCUT2D eigenvalue weighted by molar-refractivity contribution is 5.77. The summed E-state index contributed by atoms with van der Waals surface area (Å²) in [4.78, 5) is 23.1. The van der Waals surface area contributed by atoms with Crippen LogP contribution in [0.25, 0.3) is 0 Å². The van der Waals surface area contributed by atoms with Gasteiger partial charge in [0.25, 0.3) is 0 Å². The van der Waals surface area contributed by atoms with Crippen molar-refractivity contribution in [3.05, 3.63) is 0 Å². The first-order chi connectivity index (χ1) is 9.10. The zero-order valence-electron chi connectivity index (χ0n) is 11.6. The predicted molar refractivity (Wildman–Crippen MR) is 67.4 cm³/mol. The van der Waals surface area contributed by atoms with Crippen molar-refractivity contribution in [1.82, 2.24) is 0 Å². The minimum Gasteiger partial charge on any atom is -0.462 e. The van der Waals surface area contributed by atoms with Gasteiger partial charge in [0.15, 0.2) is 6.10 Å². The number of carbonyl (C=O) groups excluding carboxylic acids is 2. The Morgan fingerprint density at radius 3 is 2.16 bits per heavy atom. The van der Waals surface area contributed by atoms with E-state index in [1.165, 1.54) is 0 Å². The number of hydrogen-bond donors (Lipinski definition) is 0. The minimum atomic E-state index is -0.332. The summed E-state index contributed by atoms with van der Waals surface area (Å²) in [5.41, 5.74) is 0. The number of epoxide rings is 1. The van der Waals surface area contributed by atoms with E-state index in [1.807, 2.05) is 13.8 Å². The molecule has 1 heterocycles. The fourth-order valence-electron chi connectivity index (χ4n) is 2.14. The first-order valence-corrected chi connectivity index (χ1v) is 7.12. The van der Waals surface area contributed by atoms with Gasteiger partial charge in [0.2, 0.25) is 0 Å². The molecule has 0 aromatic heterocycles. The first kappa shape index (κ1) is 14.3. The Balaban J connectivity index is 1.67. The van der Waals surface area contributed by atoms with Crippen molar-refractivity contribution in [1.29, 1.82) is 0 Å². The number of carbonyl (C=O) groups is 2. The monoisotopic (exact) mass is 270 g/mol. The van der Waals surface area contributed by atoms with Gasteiger partial charge in [-0.1, -0.05) is 13.8 Å². The lowest BCUT2D eigenvalue weighted by Gasteiger charge is -2.28. The van der Waals surface area contributed by atoms with E-state index < -0.39 is 0 Å². The third-order valence-corrected chi connectivity index (χ3v) is 3.80. The molecule has 1 saturated heterocycles. The van der Waals surface area contributed by atoms with E-state index in [2.05, 4.69) is 0 Å². The first-order valence-electron chi connectivity index (χ1n) is 7.12. The maximum atomic E-state index is 11.7. The van der Waals surface area contributed by atoms with Crippen LogP contribution in [-0.4, -0.2) is 36.9 Å². The second-order valence-corrected chi connectivity index (χ2v) is 5.40. The number of ether oxygens (including phenoxy) is 3. The molecule has 0 spiro atoms. The number of esters is 2. The Morgan fingerprint density at radius 2 is 1.68 bits per heavy atom. The van der Waals surface area contributed by atoms with Crippen LogP contribution in [0.15, 0.2) is 0 Å². The molecule has 0 radical (unpaired) electrons. The largest absolute Gasteiger partial charge is 0.462 e. The molecule has 0 aromatic rings. The van der Waals surface area contributed by atoms with Crippen LogP contribution in [0.4, 0.5) is 0 Å². The molecule has 2 aliphatic rings. The van der Waals surface area contributed by atoms with E-state index in [1.54, 1.807) is 0 Å². The lowest BCUT2D eigenvalue weighted by atomic mass is 9.94. The molecule has 1 aliphatic carbocycles. The molecule has 0 bridgehead atoms. The Kier molecular flexibility index (Phi) is 4.80. The maximum absolute atomic E-state index is 11.7. The molecule has 1 saturated carbocycles. The van der Waals surface area contributed by atoms with Crippen LogP contribution in [0.3, 0.4) is 0 Å². The zero-order valence-corrected chi connectivity index (χ0v) is 11.6. The van der Waals surface area contributed by atoms with Gasteiger partial charge in [0.1, 0.15) is 12.2 Å². The molecule has 2 rings (SSSR count). The zero-order chi connectivity index (χ0) is 13.8. The van der Waals surface area contributed by atoms with E-state index in [0.29, 0.717) is 6.61 Å². The van der Waals surface area contributed by atoms with Crippen molar-refractivity contribution < 1.29 is 23.8 Å². The molecule has 2 atom stereocenters. The van der Waals surface area contributed by atoms with E-state index in [-0.39, 0.29) is 36.2 Å². The minimum absolute atomic E-state index is 0.0198. The molecule has 108 valence electrons. The summed E-state index contributed by atoms with van der Waals surface area (Å²) in [6.07, 6.45) is 3.46. The van der Waals surface area contributed by atoms with Crippen molar-refractivity contribution in [2.45, 2.75) is 64.3 Å². The highest BCUT2D eigenvalue weighted by atomic mass is 16.6. The molecule has 0 aromatic carbocycles. The highest BCUT2D eigenvalue weighted by Gasteiger charge is 2.35. The van der Waals surface area contributed by atoms with Gasteiger partial charge in [-0.15, -0.1) is 0 Å². The summed E-state index contributed by atoms with van der Waals surface area (Å²) in [5, 5.41) is 0. The maximum Gasteiger partial charge on any atom is 0.337 e. The molecule has 2 unspecified atom stereocenters. The Labute approximate surface area is 113 Å². The Hall–Kier alpha value is -1.10. The van der Waals surface area contributed by atoms with Gasteiger partial charge >= 0.3 is 11.9 Å². The van der Waals surface area contributed by atoms with Crippen molar-refractivity contribution in [3.63, 3.8) is 0 Å². The normalized spacial score (nSPS) is 31.4. The van der Waals surface area contributed by atoms with Crippen LogP contribution >= 0.6 is 0 Å². The van der Waals surface area contributed by atoms with Crippen LogP contribution < -0.4 is 0 Å². The molecule has 5 heteroatoms. The van der Waals surface area contributed by atoms with E-state index >= 15 is 0 Å². The van der Waals surface area contributed by atoms with Gasteiger partial charge in [-0.3, -0.25) is 4.79 Å². The summed E-state index contributed by atoms with van der Waals surface area (Å²) in [7, 11) is 0. The van der Waals surface area contributed by atoms with Gasteiger partial charge in [0.05, 0.1) is 12.5 Å². The van der Waals surface area contributed by atoms with Gasteiger partial charge in [0, 0.05) is 0 Å². The lowest BCUT2D eigenvalue weighted by Crippen LogP contribution is -2.31. The fraction of sp³-hybridized carbons (Fsp3) is 0.857. The Bertz CT molecular complexity index is 329. The average molecular weight is 270 g/mol. The van der Waals surface area contributed by atoms with Gasteiger partial charge in [-0.05, 0) is 32.1 Å². The van der Waals surface area contributed by atoms with Crippen molar-refractivity contribution >= 4 is 11.9 Å². The van der Waals surface area contributed by atoms with Crippen LogP contribution in [0, 0.1) is 5.92 Å². The average Bonchev–Trinajstić information content (AvgIpc) is 3.24. The van der Waals surface area contributed by atoms with Crippen molar-refractivity contribution in [3.8, 4) is 0 Å². The highest BCUT2D eigenvalue weighted by Crippen LogP contribution is 2.26. The summed E-state index contributed by atoms with van der Waals surface area (Å²) in [6, 6.07) is 0. The van der Waals surface area contributed by atoms with Gasteiger partial charge < -0.3 is 14.2 Å². The summed E-state index contributed by atoms with van der Waals surface area (Å²) in [6.45, 7) is 4.34. The molecule has 2 fully saturated rings. The van der Waals surface area contributed by atoms with Crippen molar-refractivity contribution in [2.24, 2.45) is 5.92 Å². The fourth-order valence-corrected chi connectivity index (χ4v) is 2.14. The van der Waals surface area contributed by atoms with Crippen LogP contribution in [-0.2, 0) is 23.8 Å². The second kappa shape index (κ2) is 6.37. The van der Waals surface area contributed by atoms with Gasteiger partial charge in [-0.25, -0.2) is 4.79 Å². The number of hydrogen-bond acceptors (Lipinski definition) is 5. The summed E-state index contributed by atoms with van der Waals surface area (Å²) < 4.78 is 15.7. The van der Waals surface area contributed by atoms with E-state index in [0.717, 1.165) is 32.1 Å². The molecular weight excluding hydrogens is 248 g/mol. The third-order valence-electron chi connectivity index (χ3n) is 3.80. The molecular formula is C14H22O5. The van der Waals surface area contributed by atoms with E-state index in [4.69, 9.17) is 14.2 Å². The Morgan fingerprint density at radius 1 is 1.16 bits per heavy atom. The smallest absolute Gasteiger partial charge is 0.337 e. The summed E-state index contributed by atoms with van der Waals surface area (Å²) >= 11 is 0. The third kappa shape index (κ3) is 4.20. The topological polar surface area (TPSA) is 65.1 Å². The predicted octanol–water partition coefficient (Wildman–Crippen LogP) is 1.83. The molecule has 5 nitrogen and oxygen atoms in total. The van der Waals surface area contributed by atoms with Crippen LogP contribution in [0.5, 0.6) is 0 Å². The molecule has 0 amide bonds. The molecule has 19 heavy (non-hydrogen) atoms. The van der Waals surface area contributed by atoms with Crippen LogP contribution in [0.2, 0.25) is 0 Å². The number of rotatable bonds is 5. The lowest BCUT2D eigenvalue weighted by molar-refractivity contribution is -0.161. The van der Waals surface area contributed by atoms with E-state index in [9.17, 15) is 9.59 Å². The molecule has 1 aliphatic heterocycles. The van der Waals surface area contributed by atoms with Crippen LogP contribution in [0.1, 0.15) is 46.0 Å². The quantitative estimate of drug-likeness (QED) is 0.563. The standard InChI is InChI=1S/C14H22O5/c1-3-9(2)13(15)18-10-4-6-11(7-5-10)19-14(16)12-8-17-12/h9-12H,3-8H2,1-2H3. The summed E-state index contributed by atoms with van der Waals surface area (Å²) in [5.74, 6) is -0.406. The van der Waals surface area contributed by atoms with Gasteiger partial charge in [-0.2, -0.15) is 0 Å². The van der Waals surface area contributed by atoms with Crippen molar-refractivity contribution in [2.75, 3.05) is 6.61 Å².